The SMILES string of the molecule is COc1cc(C#N)ccc1NC(=O)C1CCC(C)CC1. The van der Waals surface area contributed by atoms with E-state index in [0.29, 0.717) is 17.0 Å². The van der Waals surface area contributed by atoms with Crippen molar-refractivity contribution in [1.82, 2.24) is 0 Å². The van der Waals surface area contributed by atoms with Crippen LogP contribution < -0.4 is 10.1 Å². The van der Waals surface area contributed by atoms with Crippen LogP contribution in [0.3, 0.4) is 0 Å². The number of nitrogens with one attached hydrogen (secondary N) is 1. The number of amides is 1. The maximum atomic E-state index is 12.3. The molecule has 20 heavy (non-hydrogen) atoms. The van der Waals surface area contributed by atoms with E-state index in [4.69, 9.17) is 10.00 Å². The van der Waals surface area contributed by atoms with E-state index in [2.05, 4.69) is 18.3 Å². The van der Waals surface area contributed by atoms with E-state index in [9.17, 15) is 4.79 Å². The van der Waals surface area contributed by atoms with Crippen molar-refractivity contribution in [3.05, 3.63) is 23.8 Å². The van der Waals surface area contributed by atoms with Gasteiger partial charge in [-0.15, -0.1) is 0 Å². The highest BCUT2D eigenvalue weighted by Gasteiger charge is 2.24. The smallest absolute Gasteiger partial charge is 0.227 e. The minimum Gasteiger partial charge on any atom is -0.495 e. The van der Waals surface area contributed by atoms with Gasteiger partial charge < -0.3 is 10.1 Å². The van der Waals surface area contributed by atoms with Gasteiger partial charge >= 0.3 is 0 Å². The summed E-state index contributed by atoms with van der Waals surface area (Å²) in [7, 11) is 1.54. The van der Waals surface area contributed by atoms with Crippen molar-refractivity contribution in [3.63, 3.8) is 0 Å². The van der Waals surface area contributed by atoms with Gasteiger partial charge in [0.05, 0.1) is 24.4 Å². The summed E-state index contributed by atoms with van der Waals surface area (Å²) in [6, 6.07) is 7.10. The fourth-order valence-corrected chi connectivity index (χ4v) is 2.62. The molecule has 0 atom stereocenters. The number of rotatable bonds is 3. The zero-order valence-electron chi connectivity index (χ0n) is 12.0. The fraction of sp³-hybridized carbons (Fsp3) is 0.500. The van der Waals surface area contributed by atoms with Gasteiger partial charge in [-0.1, -0.05) is 6.92 Å². The van der Waals surface area contributed by atoms with Crippen LogP contribution in [0.4, 0.5) is 5.69 Å². The van der Waals surface area contributed by atoms with Crippen LogP contribution in [0.15, 0.2) is 18.2 Å². The Balaban J connectivity index is 2.06. The summed E-state index contributed by atoms with van der Waals surface area (Å²) in [4.78, 5) is 12.3. The predicted octanol–water partition coefficient (Wildman–Crippen LogP) is 3.33. The fourth-order valence-electron chi connectivity index (χ4n) is 2.62. The molecule has 1 aromatic rings. The van der Waals surface area contributed by atoms with Crippen LogP contribution >= 0.6 is 0 Å². The Labute approximate surface area is 119 Å². The van der Waals surface area contributed by atoms with Crippen LogP contribution in [0.25, 0.3) is 0 Å². The number of benzene rings is 1. The Hall–Kier alpha value is -2.02. The zero-order valence-corrected chi connectivity index (χ0v) is 12.0. The predicted molar refractivity (Wildman–Crippen MR) is 77.5 cm³/mol. The van der Waals surface area contributed by atoms with Crippen LogP contribution in [-0.4, -0.2) is 13.0 Å². The molecule has 0 bridgehead atoms. The molecule has 1 aliphatic carbocycles. The number of methoxy groups -OCH3 is 1. The number of hydrogen-bond donors (Lipinski definition) is 1. The summed E-state index contributed by atoms with van der Waals surface area (Å²) >= 11 is 0. The van der Waals surface area contributed by atoms with Crippen LogP contribution in [0.2, 0.25) is 0 Å². The second-order valence-corrected chi connectivity index (χ2v) is 5.47. The standard InChI is InChI=1S/C16H20N2O2/c1-11-3-6-13(7-4-11)16(19)18-14-8-5-12(10-17)9-15(14)20-2/h5,8-9,11,13H,3-4,6-7H2,1-2H3,(H,18,19). The zero-order chi connectivity index (χ0) is 14.5. The topological polar surface area (TPSA) is 62.1 Å². The van der Waals surface area contributed by atoms with E-state index in [-0.39, 0.29) is 11.8 Å². The van der Waals surface area contributed by atoms with Crippen molar-refractivity contribution in [2.75, 3.05) is 12.4 Å². The van der Waals surface area contributed by atoms with E-state index >= 15 is 0 Å². The Morgan fingerprint density at radius 1 is 1.35 bits per heavy atom. The van der Waals surface area contributed by atoms with Gasteiger partial charge in [0.25, 0.3) is 0 Å². The molecule has 1 aromatic carbocycles. The van der Waals surface area contributed by atoms with Gasteiger partial charge in [0.15, 0.2) is 0 Å². The highest BCUT2D eigenvalue weighted by Crippen LogP contribution is 2.31. The molecule has 0 aliphatic heterocycles. The highest BCUT2D eigenvalue weighted by atomic mass is 16.5. The number of nitrogens with zero attached hydrogens (tertiary/aromatic N) is 1. The molecule has 4 nitrogen and oxygen atoms in total. The van der Waals surface area contributed by atoms with Crippen LogP contribution in [-0.2, 0) is 4.79 Å². The Morgan fingerprint density at radius 2 is 2.05 bits per heavy atom. The number of carbonyl (C=O) groups excluding carboxylic acids is 1. The molecule has 1 saturated carbocycles. The van der Waals surface area contributed by atoms with Crippen molar-refractivity contribution in [2.24, 2.45) is 11.8 Å². The van der Waals surface area contributed by atoms with Crippen LogP contribution in [0, 0.1) is 23.2 Å². The number of ether oxygens (including phenoxy) is 1. The summed E-state index contributed by atoms with van der Waals surface area (Å²) in [5.74, 6) is 1.40. The van der Waals surface area contributed by atoms with Gasteiger partial charge in [0.1, 0.15) is 5.75 Å². The van der Waals surface area contributed by atoms with E-state index < -0.39 is 0 Å². The first-order chi connectivity index (χ1) is 9.63. The minimum atomic E-state index is 0.0555. The first-order valence-electron chi connectivity index (χ1n) is 7.03. The summed E-state index contributed by atoms with van der Waals surface area (Å²) in [6.07, 6.45) is 4.13. The molecule has 0 heterocycles. The molecule has 106 valence electrons. The van der Waals surface area contributed by atoms with Gasteiger partial charge in [-0.05, 0) is 43.7 Å². The van der Waals surface area contributed by atoms with E-state index in [1.165, 1.54) is 7.11 Å². The third-order valence-electron chi connectivity index (χ3n) is 3.98. The number of carbonyl (C=O) groups is 1. The van der Waals surface area contributed by atoms with Gasteiger partial charge in [-0.2, -0.15) is 5.26 Å². The quantitative estimate of drug-likeness (QED) is 0.918. The molecule has 1 N–H and O–H groups in total. The second-order valence-electron chi connectivity index (χ2n) is 5.47. The molecular weight excluding hydrogens is 252 g/mol. The maximum Gasteiger partial charge on any atom is 0.227 e. The molecular formula is C16H20N2O2. The van der Waals surface area contributed by atoms with Crippen molar-refractivity contribution in [3.8, 4) is 11.8 Å². The second kappa shape index (κ2) is 6.42. The van der Waals surface area contributed by atoms with Gasteiger partial charge in [-0.3, -0.25) is 4.79 Å². The lowest BCUT2D eigenvalue weighted by atomic mass is 9.82. The van der Waals surface area contributed by atoms with Crippen molar-refractivity contribution in [2.45, 2.75) is 32.6 Å². The Kier molecular flexibility index (Phi) is 4.62. The molecule has 1 aliphatic rings. The summed E-state index contributed by atoms with van der Waals surface area (Å²) in [6.45, 7) is 2.23. The van der Waals surface area contributed by atoms with Crippen molar-refractivity contribution < 1.29 is 9.53 Å². The van der Waals surface area contributed by atoms with Crippen LogP contribution in [0.1, 0.15) is 38.2 Å². The number of anilines is 1. The van der Waals surface area contributed by atoms with Gasteiger partial charge in [0.2, 0.25) is 5.91 Å². The largest absolute Gasteiger partial charge is 0.495 e. The van der Waals surface area contributed by atoms with Gasteiger partial charge in [-0.25, -0.2) is 0 Å². The van der Waals surface area contributed by atoms with E-state index in [0.717, 1.165) is 31.6 Å². The van der Waals surface area contributed by atoms with Crippen molar-refractivity contribution in [1.29, 1.82) is 5.26 Å². The lowest BCUT2D eigenvalue weighted by Gasteiger charge is -2.25. The third-order valence-corrected chi connectivity index (χ3v) is 3.98. The summed E-state index contributed by atoms with van der Waals surface area (Å²) in [5, 5.41) is 11.8. The lowest BCUT2D eigenvalue weighted by molar-refractivity contribution is -0.121. The van der Waals surface area contributed by atoms with Crippen molar-refractivity contribution >= 4 is 11.6 Å². The van der Waals surface area contributed by atoms with E-state index in [1.807, 2.05) is 0 Å². The molecule has 0 aromatic heterocycles. The Bertz CT molecular complexity index is 526. The first kappa shape index (κ1) is 14.4. The Morgan fingerprint density at radius 3 is 2.65 bits per heavy atom. The molecule has 1 amide bonds. The average molecular weight is 272 g/mol. The van der Waals surface area contributed by atoms with Gasteiger partial charge in [0, 0.05) is 12.0 Å². The highest BCUT2D eigenvalue weighted by molar-refractivity contribution is 5.94. The molecule has 0 spiro atoms. The monoisotopic (exact) mass is 272 g/mol. The normalized spacial score (nSPS) is 21.9. The maximum absolute atomic E-state index is 12.3. The average Bonchev–Trinajstić information content (AvgIpc) is 2.48. The number of hydrogen-bond acceptors (Lipinski definition) is 3. The molecule has 1 fully saturated rings. The lowest BCUT2D eigenvalue weighted by Crippen LogP contribution is -2.26. The number of nitriles is 1. The third kappa shape index (κ3) is 3.30. The molecule has 0 radical (unpaired) electrons. The summed E-state index contributed by atoms with van der Waals surface area (Å²) in [5.41, 5.74) is 1.15. The summed E-state index contributed by atoms with van der Waals surface area (Å²) < 4.78 is 5.23. The minimum absolute atomic E-state index is 0.0555. The molecule has 2 rings (SSSR count). The molecule has 4 heteroatoms. The molecule has 0 saturated heterocycles. The molecule has 0 unspecified atom stereocenters. The first-order valence-corrected chi connectivity index (χ1v) is 7.03. The van der Waals surface area contributed by atoms with Crippen LogP contribution in [0.5, 0.6) is 5.75 Å². The van der Waals surface area contributed by atoms with E-state index in [1.54, 1.807) is 18.2 Å².